The van der Waals surface area contributed by atoms with Gasteiger partial charge in [0.1, 0.15) is 0 Å². The Kier molecular flexibility index (Phi) is 2.95. The van der Waals surface area contributed by atoms with Crippen molar-refractivity contribution < 1.29 is 10.2 Å². The van der Waals surface area contributed by atoms with Crippen LogP contribution in [-0.2, 0) is 5.41 Å². The van der Waals surface area contributed by atoms with Crippen molar-refractivity contribution in [1.82, 2.24) is 0 Å². The summed E-state index contributed by atoms with van der Waals surface area (Å²) in [5.74, 6) is -0.215. The van der Waals surface area contributed by atoms with Crippen molar-refractivity contribution >= 4 is 0 Å². The number of hydrogen-bond donors (Lipinski definition) is 3. The number of aromatic hydroxyl groups is 2. The fraction of sp³-hybridized carbons (Fsp3) is 0.500. The molecule has 0 saturated heterocycles. The molecule has 1 rings (SSSR count). The minimum Gasteiger partial charge on any atom is -0.504 e. The normalized spacial score (nSPS) is 13.9. The highest BCUT2D eigenvalue weighted by atomic mass is 16.3. The molecule has 15 heavy (non-hydrogen) atoms. The summed E-state index contributed by atoms with van der Waals surface area (Å²) < 4.78 is 0. The van der Waals surface area contributed by atoms with E-state index in [4.69, 9.17) is 5.73 Å². The molecule has 1 aromatic carbocycles. The van der Waals surface area contributed by atoms with Gasteiger partial charge < -0.3 is 15.9 Å². The Bertz CT molecular complexity index is 365. The lowest BCUT2D eigenvalue weighted by atomic mass is 9.85. The van der Waals surface area contributed by atoms with Crippen LogP contribution in [0.4, 0.5) is 0 Å². The van der Waals surface area contributed by atoms with Gasteiger partial charge in [0, 0.05) is 11.6 Å². The third kappa shape index (κ3) is 2.42. The van der Waals surface area contributed by atoms with Gasteiger partial charge in [-0.3, -0.25) is 0 Å². The average molecular weight is 209 g/mol. The maximum atomic E-state index is 9.63. The van der Waals surface area contributed by atoms with Crippen LogP contribution in [0.25, 0.3) is 0 Å². The zero-order valence-corrected chi connectivity index (χ0v) is 9.70. The van der Waals surface area contributed by atoms with Crippen LogP contribution in [0.2, 0.25) is 0 Å². The molecule has 0 amide bonds. The van der Waals surface area contributed by atoms with E-state index in [9.17, 15) is 10.2 Å². The van der Waals surface area contributed by atoms with E-state index in [0.29, 0.717) is 5.56 Å². The van der Waals surface area contributed by atoms with E-state index in [1.165, 1.54) is 0 Å². The summed E-state index contributed by atoms with van der Waals surface area (Å²) in [7, 11) is 0. The molecule has 0 aliphatic rings. The van der Waals surface area contributed by atoms with Crippen LogP contribution < -0.4 is 5.73 Å². The fourth-order valence-electron chi connectivity index (χ4n) is 1.42. The van der Waals surface area contributed by atoms with Gasteiger partial charge in [0.15, 0.2) is 11.5 Å². The Hall–Kier alpha value is -1.22. The highest BCUT2D eigenvalue weighted by Crippen LogP contribution is 2.37. The topological polar surface area (TPSA) is 66.5 Å². The SMILES string of the molecule is CC(N)c1cc(C(C)(C)C)cc(O)c1O. The number of phenols is 2. The molecule has 1 unspecified atom stereocenters. The van der Waals surface area contributed by atoms with E-state index in [-0.39, 0.29) is 23.0 Å². The molecule has 0 aliphatic heterocycles. The van der Waals surface area contributed by atoms with Crippen LogP contribution in [0.1, 0.15) is 44.9 Å². The summed E-state index contributed by atoms with van der Waals surface area (Å²) in [5.41, 5.74) is 7.20. The third-order valence-corrected chi connectivity index (χ3v) is 2.48. The first-order valence-corrected chi connectivity index (χ1v) is 5.05. The molecular weight excluding hydrogens is 190 g/mol. The molecule has 84 valence electrons. The van der Waals surface area contributed by atoms with Crippen LogP contribution in [-0.4, -0.2) is 10.2 Å². The average Bonchev–Trinajstić information content (AvgIpc) is 2.06. The highest BCUT2D eigenvalue weighted by molar-refractivity contribution is 5.50. The number of phenolic OH excluding ortho intramolecular Hbond substituents is 2. The maximum Gasteiger partial charge on any atom is 0.162 e. The van der Waals surface area contributed by atoms with Gasteiger partial charge >= 0.3 is 0 Å². The van der Waals surface area contributed by atoms with Crippen molar-refractivity contribution in [1.29, 1.82) is 0 Å². The smallest absolute Gasteiger partial charge is 0.162 e. The molecule has 1 atom stereocenters. The van der Waals surface area contributed by atoms with Crippen LogP contribution in [0.15, 0.2) is 12.1 Å². The van der Waals surface area contributed by atoms with Gasteiger partial charge in [0.05, 0.1) is 0 Å². The first-order chi connectivity index (χ1) is 6.73. The third-order valence-electron chi connectivity index (χ3n) is 2.48. The lowest BCUT2D eigenvalue weighted by Gasteiger charge is -2.22. The predicted octanol–water partition coefficient (Wildman–Crippen LogP) is 2.42. The molecule has 3 heteroatoms. The van der Waals surface area contributed by atoms with Crippen LogP contribution >= 0.6 is 0 Å². The summed E-state index contributed by atoms with van der Waals surface area (Å²) in [6.07, 6.45) is 0. The van der Waals surface area contributed by atoms with Gasteiger partial charge in [0.2, 0.25) is 0 Å². The molecule has 0 fully saturated rings. The largest absolute Gasteiger partial charge is 0.504 e. The maximum absolute atomic E-state index is 9.63. The van der Waals surface area contributed by atoms with Gasteiger partial charge in [-0.2, -0.15) is 0 Å². The Morgan fingerprint density at radius 3 is 2.13 bits per heavy atom. The molecular formula is C12H19NO2. The van der Waals surface area contributed by atoms with Gasteiger partial charge in [-0.15, -0.1) is 0 Å². The van der Waals surface area contributed by atoms with Gasteiger partial charge in [-0.05, 0) is 30.0 Å². The molecule has 0 aromatic heterocycles. The predicted molar refractivity (Wildman–Crippen MR) is 61.1 cm³/mol. The second-order valence-corrected chi connectivity index (χ2v) is 4.97. The lowest BCUT2D eigenvalue weighted by Crippen LogP contribution is -2.13. The van der Waals surface area contributed by atoms with Crippen LogP contribution in [0.5, 0.6) is 11.5 Å². The summed E-state index contributed by atoms with van der Waals surface area (Å²) in [6.45, 7) is 7.91. The Morgan fingerprint density at radius 1 is 1.20 bits per heavy atom. The van der Waals surface area contributed by atoms with Crippen molar-refractivity contribution in [3.05, 3.63) is 23.3 Å². The first kappa shape index (κ1) is 11.9. The summed E-state index contributed by atoms with van der Waals surface area (Å²) in [6, 6.07) is 3.14. The Labute approximate surface area is 90.5 Å². The second-order valence-electron chi connectivity index (χ2n) is 4.97. The van der Waals surface area contributed by atoms with E-state index in [0.717, 1.165) is 5.56 Å². The summed E-state index contributed by atoms with van der Waals surface area (Å²) in [5, 5.41) is 19.2. The molecule has 0 spiro atoms. The van der Waals surface area contributed by atoms with Gasteiger partial charge in [-0.1, -0.05) is 20.8 Å². The first-order valence-electron chi connectivity index (χ1n) is 5.05. The summed E-state index contributed by atoms with van der Waals surface area (Å²) >= 11 is 0. The Morgan fingerprint density at radius 2 is 1.73 bits per heavy atom. The molecule has 0 heterocycles. The van der Waals surface area contributed by atoms with Crippen molar-refractivity contribution in [2.45, 2.75) is 39.2 Å². The zero-order chi connectivity index (χ0) is 11.8. The van der Waals surface area contributed by atoms with E-state index >= 15 is 0 Å². The number of hydrogen-bond acceptors (Lipinski definition) is 3. The minimum atomic E-state index is -0.293. The van der Waals surface area contributed by atoms with Crippen molar-refractivity contribution in [2.24, 2.45) is 5.73 Å². The quantitative estimate of drug-likeness (QED) is 0.622. The second kappa shape index (κ2) is 3.74. The fourth-order valence-corrected chi connectivity index (χ4v) is 1.42. The highest BCUT2D eigenvalue weighted by Gasteiger charge is 2.19. The number of benzene rings is 1. The molecule has 3 nitrogen and oxygen atoms in total. The lowest BCUT2D eigenvalue weighted by molar-refractivity contribution is 0.394. The van der Waals surface area contributed by atoms with Crippen molar-refractivity contribution in [3.63, 3.8) is 0 Å². The molecule has 4 N–H and O–H groups in total. The van der Waals surface area contributed by atoms with Crippen LogP contribution in [0.3, 0.4) is 0 Å². The van der Waals surface area contributed by atoms with Crippen LogP contribution in [0, 0.1) is 0 Å². The molecule has 0 aliphatic carbocycles. The number of rotatable bonds is 1. The van der Waals surface area contributed by atoms with E-state index in [2.05, 4.69) is 0 Å². The van der Waals surface area contributed by atoms with Crippen molar-refractivity contribution in [3.8, 4) is 11.5 Å². The van der Waals surface area contributed by atoms with Crippen molar-refractivity contribution in [2.75, 3.05) is 0 Å². The zero-order valence-electron chi connectivity index (χ0n) is 9.70. The molecule has 1 aromatic rings. The van der Waals surface area contributed by atoms with Gasteiger partial charge in [-0.25, -0.2) is 0 Å². The summed E-state index contributed by atoms with van der Waals surface area (Å²) in [4.78, 5) is 0. The monoisotopic (exact) mass is 209 g/mol. The standard InChI is InChI=1S/C12H19NO2/c1-7(13)9-5-8(12(2,3)4)6-10(14)11(9)15/h5-7,14-15H,13H2,1-4H3. The molecule has 0 bridgehead atoms. The molecule has 0 radical (unpaired) electrons. The van der Waals surface area contributed by atoms with E-state index < -0.39 is 0 Å². The number of nitrogens with two attached hydrogens (primary N) is 1. The minimum absolute atomic E-state index is 0.0746. The molecule has 0 saturated carbocycles. The van der Waals surface area contributed by atoms with E-state index in [1.54, 1.807) is 13.0 Å². The Balaban J connectivity index is 3.36. The van der Waals surface area contributed by atoms with E-state index in [1.807, 2.05) is 26.8 Å². The van der Waals surface area contributed by atoms with Gasteiger partial charge in [0.25, 0.3) is 0 Å².